The van der Waals surface area contributed by atoms with E-state index in [9.17, 15) is 4.79 Å². The molecule has 8 heteroatoms. The van der Waals surface area contributed by atoms with Crippen molar-refractivity contribution in [2.24, 2.45) is 5.92 Å². The Bertz CT molecular complexity index is 583. The zero-order chi connectivity index (χ0) is 12.5. The number of aromatic nitrogens is 5. The second-order valence-corrected chi connectivity index (χ2v) is 4.43. The van der Waals surface area contributed by atoms with Crippen LogP contribution < -0.4 is 5.32 Å². The summed E-state index contributed by atoms with van der Waals surface area (Å²) < 4.78 is 1.56. The van der Waals surface area contributed by atoms with Gasteiger partial charge in [-0.2, -0.15) is 4.52 Å². The lowest BCUT2D eigenvalue weighted by Gasteiger charge is -2.13. The lowest BCUT2D eigenvalue weighted by Crippen LogP contribution is -2.19. The fourth-order valence-electron chi connectivity index (χ4n) is 2.32. The van der Waals surface area contributed by atoms with Gasteiger partial charge in [0.25, 0.3) is 0 Å². The van der Waals surface area contributed by atoms with E-state index in [0.29, 0.717) is 24.3 Å². The third kappa shape index (κ3) is 1.85. The summed E-state index contributed by atoms with van der Waals surface area (Å²) in [5, 5.41) is 23.4. The lowest BCUT2D eigenvalue weighted by molar-refractivity contribution is -0.141. The van der Waals surface area contributed by atoms with Gasteiger partial charge < -0.3 is 10.4 Å². The summed E-state index contributed by atoms with van der Waals surface area (Å²) in [5.41, 5.74) is 0.563. The molecule has 1 aliphatic carbocycles. The molecule has 2 unspecified atom stereocenters. The summed E-state index contributed by atoms with van der Waals surface area (Å²) in [6.07, 6.45) is 5.35. The van der Waals surface area contributed by atoms with Crippen LogP contribution in [0.4, 0.5) is 5.82 Å². The zero-order valence-corrected chi connectivity index (χ0v) is 9.52. The van der Waals surface area contributed by atoms with Crippen LogP contribution in [-0.2, 0) is 4.79 Å². The number of carboxylic acid groups (broad SMARTS) is 1. The fraction of sp³-hybridized carbons (Fsp3) is 0.500. The number of hydrogen-bond donors (Lipinski definition) is 2. The highest BCUT2D eigenvalue weighted by atomic mass is 16.4. The van der Waals surface area contributed by atoms with Crippen molar-refractivity contribution in [1.29, 1.82) is 0 Å². The monoisotopic (exact) mass is 248 g/mol. The summed E-state index contributed by atoms with van der Waals surface area (Å²) >= 11 is 0. The van der Waals surface area contributed by atoms with E-state index >= 15 is 0 Å². The first-order chi connectivity index (χ1) is 8.74. The van der Waals surface area contributed by atoms with Gasteiger partial charge in [-0.25, -0.2) is 0 Å². The van der Waals surface area contributed by atoms with E-state index in [0.717, 1.165) is 6.42 Å². The summed E-state index contributed by atoms with van der Waals surface area (Å²) in [7, 11) is 0. The molecule has 0 radical (unpaired) electrons. The highest BCUT2D eigenvalue weighted by Gasteiger charge is 2.30. The molecule has 0 aliphatic heterocycles. The van der Waals surface area contributed by atoms with E-state index in [2.05, 4.69) is 25.8 Å². The van der Waals surface area contributed by atoms with Gasteiger partial charge in [0, 0.05) is 6.04 Å². The van der Waals surface area contributed by atoms with E-state index < -0.39 is 5.97 Å². The molecule has 1 aliphatic rings. The minimum absolute atomic E-state index is 0.127. The number of carbonyl (C=O) groups is 1. The van der Waals surface area contributed by atoms with Crippen LogP contribution in [0.2, 0.25) is 0 Å². The number of fused-ring (bicyclic) bond motifs is 1. The Kier molecular flexibility index (Phi) is 2.54. The van der Waals surface area contributed by atoms with Crippen molar-refractivity contribution in [3.8, 4) is 0 Å². The topological polar surface area (TPSA) is 105 Å². The minimum Gasteiger partial charge on any atom is -0.481 e. The minimum atomic E-state index is -0.724. The molecule has 0 amide bonds. The molecule has 0 bridgehead atoms. The fourth-order valence-corrected chi connectivity index (χ4v) is 2.32. The zero-order valence-electron chi connectivity index (χ0n) is 9.52. The van der Waals surface area contributed by atoms with E-state index in [1.807, 2.05) is 0 Å². The maximum Gasteiger partial charge on any atom is 0.306 e. The molecule has 2 aromatic rings. The number of carboxylic acids is 1. The Labute approximate surface area is 102 Å². The molecule has 2 atom stereocenters. The highest BCUT2D eigenvalue weighted by molar-refractivity contribution is 5.70. The molecule has 2 heterocycles. The van der Waals surface area contributed by atoms with Crippen LogP contribution >= 0.6 is 0 Å². The van der Waals surface area contributed by atoms with Gasteiger partial charge in [-0.3, -0.25) is 9.78 Å². The van der Waals surface area contributed by atoms with Crippen LogP contribution in [0.1, 0.15) is 19.3 Å². The second kappa shape index (κ2) is 4.21. The van der Waals surface area contributed by atoms with Crippen molar-refractivity contribution in [2.45, 2.75) is 25.3 Å². The molecule has 2 N–H and O–H groups in total. The Hall–Kier alpha value is -2.25. The van der Waals surface area contributed by atoms with Crippen LogP contribution in [0.25, 0.3) is 5.65 Å². The number of aliphatic carboxylic acids is 1. The second-order valence-electron chi connectivity index (χ2n) is 4.43. The van der Waals surface area contributed by atoms with Crippen LogP contribution in [0.5, 0.6) is 0 Å². The normalized spacial score (nSPS) is 23.3. The number of nitrogens with zero attached hydrogens (tertiary/aromatic N) is 5. The first-order valence-corrected chi connectivity index (χ1v) is 5.75. The summed E-state index contributed by atoms with van der Waals surface area (Å²) in [5.74, 6) is -0.296. The van der Waals surface area contributed by atoms with Gasteiger partial charge in [0.15, 0.2) is 11.5 Å². The summed E-state index contributed by atoms with van der Waals surface area (Å²) in [6, 6.07) is 0.127. The van der Waals surface area contributed by atoms with Crippen LogP contribution in [-0.4, -0.2) is 42.1 Å². The summed E-state index contributed by atoms with van der Waals surface area (Å²) in [6.45, 7) is 0. The average molecular weight is 248 g/mol. The Morgan fingerprint density at radius 2 is 2.33 bits per heavy atom. The van der Waals surface area contributed by atoms with Gasteiger partial charge in [0.1, 0.15) is 0 Å². The summed E-state index contributed by atoms with van der Waals surface area (Å²) in [4.78, 5) is 14.9. The van der Waals surface area contributed by atoms with Crippen LogP contribution in [0.3, 0.4) is 0 Å². The maximum absolute atomic E-state index is 10.9. The van der Waals surface area contributed by atoms with Gasteiger partial charge in [-0.15, -0.1) is 5.10 Å². The van der Waals surface area contributed by atoms with E-state index in [1.165, 1.54) is 0 Å². The Morgan fingerprint density at radius 3 is 3.11 bits per heavy atom. The highest BCUT2D eigenvalue weighted by Crippen LogP contribution is 2.27. The lowest BCUT2D eigenvalue weighted by atomic mass is 10.1. The van der Waals surface area contributed by atoms with Gasteiger partial charge in [-0.05, 0) is 29.7 Å². The van der Waals surface area contributed by atoms with Crippen molar-refractivity contribution < 1.29 is 9.90 Å². The average Bonchev–Trinajstić information content (AvgIpc) is 2.97. The molecule has 8 nitrogen and oxygen atoms in total. The van der Waals surface area contributed by atoms with Crippen molar-refractivity contribution in [1.82, 2.24) is 25.0 Å². The molecule has 0 aromatic carbocycles. The van der Waals surface area contributed by atoms with Crippen molar-refractivity contribution in [3.63, 3.8) is 0 Å². The quantitative estimate of drug-likeness (QED) is 0.798. The SMILES string of the molecule is O=C(O)C1CCC(Nc2cncc3nnnn23)C1. The number of hydrogen-bond acceptors (Lipinski definition) is 6. The number of tetrazole rings is 1. The third-order valence-electron chi connectivity index (χ3n) is 3.24. The molecular formula is C10H12N6O2. The molecule has 0 saturated heterocycles. The van der Waals surface area contributed by atoms with Crippen LogP contribution in [0, 0.1) is 5.92 Å². The molecule has 3 rings (SSSR count). The molecule has 1 fully saturated rings. The van der Waals surface area contributed by atoms with E-state index in [4.69, 9.17) is 5.11 Å². The Morgan fingerprint density at radius 1 is 1.44 bits per heavy atom. The van der Waals surface area contributed by atoms with Crippen molar-refractivity contribution in [2.75, 3.05) is 5.32 Å². The molecule has 0 spiro atoms. The standard InChI is InChI=1S/C10H12N6O2/c17-10(18)6-1-2-7(3-6)12-8-4-11-5-9-13-14-15-16(8)9/h4-7,12H,1-3H2,(H,17,18). The third-order valence-corrected chi connectivity index (χ3v) is 3.24. The number of nitrogens with one attached hydrogen (secondary N) is 1. The maximum atomic E-state index is 10.9. The molecule has 1 saturated carbocycles. The molecular weight excluding hydrogens is 236 g/mol. The Balaban J connectivity index is 1.77. The largest absolute Gasteiger partial charge is 0.481 e. The van der Waals surface area contributed by atoms with Crippen molar-refractivity contribution in [3.05, 3.63) is 12.4 Å². The molecule has 18 heavy (non-hydrogen) atoms. The predicted molar refractivity (Wildman–Crippen MR) is 61.0 cm³/mol. The van der Waals surface area contributed by atoms with Gasteiger partial charge in [0.05, 0.1) is 18.3 Å². The van der Waals surface area contributed by atoms with Crippen LogP contribution in [0.15, 0.2) is 12.4 Å². The van der Waals surface area contributed by atoms with E-state index in [1.54, 1.807) is 16.9 Å². The van der Waals surface area contributed by atoms with E-state index in [-0.39, 0.29) is 12.0 Å². The van der Waals surface area contributed by atoms with Gasteiger partial charge in [0.2, 0.25) is 0 Å². The van der Waals surface area contributed by atoms with Gasteiger partial charge >= 0.3 is 5.97 Å². The van der Waals surface area contributed by atoms with Crippen molar-refractivity contribution >= 4 is 17.4 Å². The number of rotatable bonds is 3. The first-order valence-electron chi connectivity index (χ1n) is 5.75. The first kappa shape index (κ1) is 10.9. The smallest absolute Gasteiger partial charge is 0.306 e. The predicted octanol–water partition coefficient (Wildman–Crippen LogP) is 0.184. The molecule has 2 aromatic heterocycles. The molecule has 94 valence electrons. The van der Waals surface area contributed by atoms with Gasteiger partial charge in [-0.1, -0.05) is 0 Å². The number of anilines is 1.